The highest BCUT2D eigenvalue weighted by Crippen LogP contribution is 2.41. The van der Waals surface area contributed by atoms with E-state index in [1.807, 2.05) is 36.4 Å². The average Bonchev–Trinajstić information content (AvgIpc) is 3.29. The van der Waals surface area contributed by atoms with Crippen LogP contribution in [0, 0.1) is 0 Å². The first-order chi connectivity index (χ1) is 17.0. The van der Waals surface area contributed by atoms with E-state index in [2.05, 4.69) is 59.1 Å². The number of methoxy groups -OCH3 is 2. The van der Waals surface area contributed by atoms with E-state index in [4.69, 9.17) is 14.5 Å². The molecule has 1 aliphatic rings. The van der Waals surface area contributed by atoms with Gasteiger partial charge in [-0.1, -0.05) is 0 Å². The second-order valence-corrected chi connectivity index (χ2v) is 9.40. The van der Waals surface area contributed by atoms with E-state index in [0.29, 0.717) is 6.04 Å². The van der Waals surface area contributed by atoms with E-state index < -0.39 is 0 Å². The monoisotopic (exact) mass is 471 g/mol. The number of rotatable bonds is 5. The fourth-order valence-electron chi connectivity index (χ4n) is 4.86. The van der Waals surface area contributed by atoms with Gasteiger partial charge in [0.1, 0.15) is 11.5 Å². The highest BCUT2D eigenvalue weighted by atomic mass is 16.5. The number of aromatic nitrogens is 3. The first kappa shape index (κ1) is 23.2. The SMILES string of the molecule is COc1cc(OC)c2c(c1)N(c1ccc3ncc(-c4cnn(C)c4)cc3c1)CCCN(C(C)C)C2. The highest BCUT2D eigenvalue weighted by Gasteiger charge is 2.25. The molecule has 0 unspecified atom stereocenters. The normalized spacial score (nSPS) is 14.6. The zero-order valence-electron chi connectivity index (χ0n) is 21.2. The summed E-state index contributed by atoms with van der Waals surface area (Å²) in [4.78, 5) is 9.62. The molecule has 2 aromatic carbocycles. The molecule has 0 aliphatic carbocycles. The first-order valence-corrected chi connectivity index (χ1v) is 12.1. The molecule has 2 aromatic heterocycles. The van der Waals surface area contributed by atoms with Crippen LogP contribution in [0.2, 0.25) is 0 Å². The average molecular weight is 472 g/mol. The van der Waals surface area contributed by atoms with Gasteiger partial charge in [0.25, 0.3) is 0 Å². The molecule has 0 N–H and O–H groups in total. The van der Waals surface area contributed by atoms with Crippen molar-refractivity contribution in [2.24, 2.45) is 7.05 Å². The van der Waals surface area contributed by atoms with Crippen LogP contribution in [0.15, 0.2) is 55.0 Å². The first-order valence-electron chi connectivity index (χ1n) is 12.1. The lowest BCUT2D eigenvalue weighted by molar-refractivity contribution is 0.206. The predicted octanol–water partition coefficient (Wildman–Crippen LogP) is 5.40. The summed E-state index contributed by atoms with van der Waals surface area (Å²) in [7, 11) is 5.37. The molecule has 0 amide bonds. The number of fused-ring (bicyclic) bond motifs is 2. The van der Waals surface area contributed by atoms with Crippen LogP contribution in [0.4, 0.5) is 11.4 Å². The van der Waals surface area contributed by atoms with Crippen molar-refractivity contribution in [1.29, 1.82) is 0 Å². The molecule has 7 heteroatoms. The van der Waals surface area contributed by atoms with Crippen molar-refractivity contribution in [3.63, 3.8) is 0 Å². The fraction of sp³-hybridized carbons (Fsp3) is 0.357. The van der Waals surface area contributed by atoms with Crippen molar-refractivity contribution in [3.8, 4) is 22.6 Å². The Hall–Kier alpha value is -3.58. The molecular formula is C28H33N5O2. The van der Waals surface area contributed by atoms with Crippen LogP contribution in [-0.4, -0.2) is 53.0 Å². The number of nitrogens with zero attached hydrogens (tertiary/aromatic N) is 5. The summed E-state index contributed by atoms with van der Waals surface area (Å²) in [6.07, 6.45) is 6.87. The standard InChI is InChI=1S/C28H33N5O2/c1-19(2)32-9-6-10-33(27-13-24(34-4)14-28(35-5)25(27)18-32)23-7-8-26-20(12-23)11-21(15-29-26)22-16-30-31(3)17-22/h7-8,11-17,19H,6,9-10,18H2,1-5H3. The minimum atomic E-state index is 0.457. The lowest BCUT2D eigenvalue weighted by Gasteiger charge is -2.36. The third-order valence-corrected chi connectivity index (χ3v) is 6.84. The van der Waals surface area contributed by atoms with Gasteiger partial charge in [0, 0.05) is 85.0 Å². The van der Waals surface area contributed by atoms with Crippen LogP contribution in [-0.2, 0) is 13.6 Å². The summed E-state index contributed by atoms with van der Waals surface area (Å²) in [5.74, 6) is 1.65. The van der Waals surface area contributed by atoms with Crippen LogP contribution in [0.25, 0.3) is 22.0 Å². The summed E-state index contributed by atoms with van der Waals surface area (Å²) >= 11 is 0. The molecule has 7 nitrogen and oxygen atoms in total. The van der Waals surface area contributed by atoms with Crippen molar-refractivity contribution in [3.05, 3.63) is 60.6 Å². The van der Waals surface area contributed by atoms with Crippen LogP contribution >= 0.6 is 0 Å². The van der Waals surface area contributed by atoms with Crippen LogP contribution in [0.3, 0.4) is 0 Å². The molecule has 0 fully saturated rings. The number of benzene rings is 2. The Bertz CT molecular complexity index is 1350. The molecule has 0 saturated carbocycles. The van der Waals surface area contributed by atoms with Gasteiger partial charge in [0.15, 0.2) is 0 Å². The van der Waals surface area contributed by atoms with E-state index >= 15 is 0 Å². The maximum Gasteiger partial charge on any atom is 0.129 e. The van der Waals surface area contributed by atoms with E-state index in [9.17, 15) is 0 Å². The largest absolute Gasteiger partial charge is 0.497 e. The van der Waals surface area contributed by atoms with Gasteiger partial charge in [-0.25, -0.2) is 0 Å². The molecule has 0 saturated heterocycles. The van der Waals surface area contributed by atoms with Gasteiger partial charge >= 0.3 is 0 Å². The van der Waals surface area contributed by atoms with Crippen LogP contribution < -0.4 is 14.4 Å². The molecule has 0 atom stereocenters. The second kappa shape index (κ2) is 9.58. The molecule has 3 heterocycles. The summed E-state index contributed by atoms with van der Waals surface area (Å²) in [5.41, 5.74) is 6.55. The smallest absolute Gasteiger partial charge is 0.129 e. The predicted molar refractivity (Wildman–Crippen MR) is 141 cm³/mol. The molecule has 1 aliphatic heterocycles. The minimum Gasteiger partial charge on any atom is -0.497 e. The molecule has 4 aromatic rings. The molecular weight excluding hydrogens is 438 g/mol. The number of hydrogen-bond acceptors (Lipinski definition) is 6. The number of hydrogen-bond donors (Lipinski definition) is 0. The molecule has 35 heavy (non-hydrogen) atoms. The summed E-state index contributed by atoms with van der Waals surface area (Å²) in [5, 5.41) is 5.42. The van der Waals surface area contributed by atoms with E-state index in [0.717, 1.165) is 71.0 Å². The third kappa shape index (κ3) is 4.56. The minimum absolute atomic E-state index is 0.457. The van der Waals surface area contributed by atoms with Crippen molar-refractivity contribution in [2.75, 3.05) is 32.2 Å². The zero-order chi connectivity index (χ0) is 24.5. The van der Waals surface area contributed by atoms with Crippen molar-refractivity contribution in [1.82, 2.24) is 19.7 Å². The van der Waals surface area contributed by atoms with Gasteiger partial charge in [0.05, 0.1) is 31.6 Å². The quantitative estimate of drug-likeness (QED) is 0.388. The lowest BCUT2D eigenvalue weighted by atomic mass is 10.0. The summed E-state index contributed by atoms with van der Waals surface area (Å²) in [6.45, 7) is 7.27. The molecule has 0 spiro atoms. The van der Waals surface area contributed by atoms with Crippen LogP contribution in [0.5, 0.6) is 11.5 Å². The van der Waals surface area contributed by atoms with Crippen molar-refractivity contribution >= 4 is 22.3 Å². The molecule has 0 radical (unpaired) electrons. The number of anilines is 2. The Morgan fingerprint density at radius 3 is 2.51 bits per heavy atom. The van der Waals surface area contributed by atoms with Gasteiger partial charge in [-0.3, -0.25) is 14.6 Å². The zero-order valence-corrected chi connectivity index (χ0v) is 21.2. The van der Waals surface area contributed by atoms with Gasteiger partial charge in [-0.05, 0) is 44.5 Å². The molecule has 182 valence electrons. The maximum absolute atomic E-state index is 5.85. The Morgan fingerprint density at radius 2 is 1.80 bits per heavy atom. The maximum atomic E-state index is 5.85. The van der Waals surface area contributed by atoms with E-state index in [-0.39, 0.29) is 0 Å². The van der Waals surface area contributed by atoms with Gasteiger partial charge in [0.2, 0.25) is 0 Å². The van der Waals surface area contributed by atoms with Crippen LogP contribution in [0.1, 0.15) is 25.8 Å². The van der Waals surface area contributed by atoms with Crippen molar-refractivity contribution < 1.29 is 9.47 Å². The Labute approximate surface area is 206 Å². The topological polar surface area (TPSA) is 55.7 Å². The number of aryl methyl sites for hydroxylation is 1. The molecule has 5 rings (SSSR count). The van der Waals surface area contributed by atoms with Gasteiger partial charge in [-0.15, -0.1) is 0 Å². The van der Waals surface area contributed by atoms with E-state index in [1.54, 1.807) is 14.2 Å². The Balaban J connectivity index is 1.62. The second-order valence-electron chi connectivity index (χ2n) is 9.40. The highest BCUT2D eigenvalue weighted by molar-refractivity contribution is 5.87. The van der Waals surface area contributed by atoms with Crippen molar-refractivity contribution in [2.45, 2.75) is 32.9 Å². The Kier molecular flexibility index (Phi) is 6.34. The van der Waals surface area contributed by atoms with Gasteiger partial charge < -0.3 is 14.4 Å². The number of ether oxygens (including phenoxy) is 2. The molecule has 0 bridgehead atoms. The van der Waals surface area contributed by atoms with Gasteiger partial charge in [-0.2, -0.15) is 5.10 Å². The number of pyridine rings is 1. The van der Waals surface area contributed by atoms with E-state index in [1.165, 1.54) is 5.56 Å². The Morgan fingerprint density at radius 1 is 0.943 bits per heavy atom. The summed E-state index contributed by atoms with van der Waals surface area (Å²) in [6, 6.07) is 13.3. The fourth-order valence-corrected chi connectivity index (χ4v) is 4.86. The lowest BCUT2D eigenvalue weighted by Crippen LogP contribution is -2.36. The summed E-state index contributed by atoms with van der Waals surface area (Å²) < 4.78 is 13.3. The third-order valence-electron chi connectivity index (χ3n) is 6.84.